The summed E-state index contributed by atoms with van der Waals surface area (Å²) in [6, 6.07) is 30.2. The molecular weight excluding hydrogens is 416 g/mol. The molecule has 0 amide bonds. The van der Waals surface area contributed by atoms with Gasteiger partial charge < -0.3 is 14.2 Å². The van der Waals surface area contributed by atoms with Gasteiger partial charge in [0.25, 0.3) is 0 Å². The van der Waals surface area contributed by atoms with Crippen LogP contribution in [0, 0.1) is 13.8 Å². The topological polar surface area (TPSA) is 19.6 Å². The molecule has 0 spiro atoms. The molecule has 1 aliphatic rings. The van der Waals surface area contributed by atoms with Gasteiger partial charge in [-0.25, -0.2) is 0 Å². The molecule has 3 heteroatoms. The average Bonchev–Trinajstić information content (AvgIpc) is 3.34. The molecule has 170 valence electrons. The molecule has 0 saturated heterocycles. The molecule has 3 nitrogen and oxygen atoms in total. The van der Waals surface area contributed by atoms with Crippen LogP contribution in [0.25, 0.3) is 21.9 Å². The van der Waals surface area contributed by atoms with Gasteiger partial charge in [-0.2, -0.15) is 0 Å². The smallest absolute Gasteiger partial charge is 0.135 e. The minimum absolute atomic E-state index is 0.140. The number of nitrogens with zero attached hydrogens (tertiary/aromatic N) is 2. The van der Waals surface area contributed by atoms with Crippen LogP contribution in [0.4, 0.5) is 17.1 Å². The van der Waals surface area contributed by atoms with E-state index in [1.165, 1.54) is 44.5 Å². The molecule has 1 aromatic heterocycles. The number of aryl methyl sites for hydroxylation is 2. The number of rotatable bonds is 3. The van der Waals surface area contributed by atoms with Crippen molar-refractivity contribution in [3.8, 4) is 0 Å². The molecule has 0 bridgehead atoms. The fraction of sp³-hybridized carbons (Fsp3) is 0.226. The Bertz CT molecular complexity index is 1540. The zero-order valence-corrected chi connectivity index (χ0v) is 20.5. The van der Waals surface area contributed by atoms with Crippen LogP contribution in [0.1, 0.15) is 37.5 Å². The highest BCUT2D eigenvalue weighted by atomic mass is 16.3. The standard InChI is InChI=1S/C31H30N2O/c1-20-12-6-8-14-24(20)32-22(3)33(26-16-10-9-15-25(26)32)31(4,5)30-21(2)18-19-28-29(30)23-13-7-11-17-27(23)34-28/h6-19,22H,1-5H3/t22-/m1/s1. The Hall–Kier alpha value is -3.72. The molecular formula is C31H30N2O. The lowest BCUT2D eigenvalue weighted by Gasteiger charge is -2.43. The number of fused-ring (bicyclic) bond motifs is 4. The lowest BCUT2D eigenvalue weighted by molar-refractivity contribution is 0.449. The van der Waals surface area contributed by atoms with E-state index < -0.39 is 0 Å². The second-order valence-electron chi connectivity index (χ2n) is 9.93. The molecule has 1 aliphatic heterocycles. The van der Waals surface area contributed by atoms with E-state index in [4.69, 9.17) is 4.42 Å². The number of anilines is 3. The predicted molar refractivity (Wildman–Crippen MR) is 143 cm³/mol. The third-order valence-electron chi connectivity index (χ3n) is 7.49. The Labute approximate surface area is 201 Å². The van der Waals surface area contributed by atoms with Crippen molar-refractivity contribution in [1.29, 1.82) is 0 Å². The first-order valence-corrected chi connectivity index (χ1v) is 12.0. The summed E-state index contributed by atoms with van der Waals surface area (Å²) in [6.07, 6.45) is 0.140. The summed E-state index contributed by atoms with van der Waals surface area (Å²) in [7, 11) is 0. The Kier molecular flexibility index (Phi) is 4.54. The number of para-hydroxylation sites is 4. The zero-order valence-electron chi connectivity index (χ0n) is 20.5. The molecule has 0 unspecified atom stereocenters. The van der Waals surface area contributed by atoms with Crippen LogP contribution in [0.15, 0.2) is 89.3 Å². The van der Waals surface area contributed by atoms with Crippen molar-refractivity contribution in [2.45, 2.75) is 46.3 Å². The molecule has 0 fully saturated rings. The molecule has 34 heavy (non-hydrogen) atoms. The first kappa shape index (κ1) is 20.9. The SMILES string of the molecule is Cc1ccccc1N1c2ccccc2N(C(C)(C)c2c(C)ccc3oc4ccccc4c23)[C@@H]1C. The summed E-state index contributed by atoms with van der Waals surface area (Å²) in [4.78, 5) is 5.06. The van der Waals surface area contributed by atoms with Crippen LogP contribution in [0.2, 0.25) is 0 Å². The van der Waals surface area contributed by atoms with Gasteiger partial charge in [-0.1, -0.05) is 54.6 Å². The van der Waals surface area contributed by atoms with Crippen LogP contribution in [-0.2, 0) is 5.54 Å². The average molecular weight is 447 g/mol. The van der Waals surface area contributed by atoms with Crippen molar-refractivity contribution >= 4 is 39.0 Å². The quantitative estimate of drug-likeness (QED) is 0.277. The summed E-state index contributed by atoms with van der Waals surface area (Å²) in [5, 5.41) is 2.40. The van der Waals surface area contributed by atoms with Gasteiger partial charge in [0.1, 0.15) is 17.3 Å². The van der Waals surface area contributed by atoms with Gasteiger partial charge >= 0.3 is 0 Å². The van der Waals surface area contributed by atoms with E-state index in [9.17, 15) is 0 Å². The summed E-state index contributed by atoms with van der Waals surface area (Å²) < 4.78 is 6.28. The zero-order chi connectivity index (χ0) is 23.6. The maximum atomic E-state index is 6.28. The molecule has 0 radical (unpaired) electrons. The van der Waals surface area contributed by atoms with Crippen molar-refractivity contribution in [1.82, 2.24) is 0 Å². The van der Waals surface area contributed by atoms with Crippen molar-refractivity contribution in [3.05, 3.63) is 102 Å². The highest BCUT2D eigenvalue weighted by Gasteiger charge is 2.44. The number of benzene rings is 4. The largest absolute Gasteiger partial charge is 0.456 e. The number of hydrogen-bond donors (Lipinski definition) is 0. The van der Waals surface area contributed by atoms with E-state index in [-0.39, 0.29) is 11.7 Å². The highest BCUT2D eigenvalue weighted by Crippen LogP contribution is 2.51. The Morgan fingerprint density at radius 2 is 1.32 bits per heavy atom. The summed E-state index contributed by atoms with van der Waals surface area (Å²) >= 11 is 0. The minimum atomic E-state index is -0.288. The van der Waals surface area contributed by atoms with Gasteiger partial charge in [-0.3, -0.25) is 0 Å². The number of furan rings is 1. The van der Waals surface area contributed by atoms with Gasteiger partial charge in [0.15, 0.2) is 0 Å². The van der Waals surface area contributed by atoms with Gasteiger partial charge in [0, 0.05) is 16.5 Å². The summed E-state index contributed by atoms with van der Waals surface area (Å²) in [5.74, 6) is 0. The summed E-state index contributed by atoms with van der Waals surface area (Å²) in [5.41, 5.74) is 9.25. The second-order valence-corrected chi connectivity index (χ2v) is 9.93. The molecule has 4 aromatic carbocycles. The molecule has 5 aromatic rings. The van der Waals surface area contributed by atoms with Crippen LogP contribution >= 0.6 is 0 Å². The van der Waals surface area contributed by atoms with Gasteiger partial charge in [0.2, 0.25) is 0 Å². The van der Waals surface area contributed by atoms with Gasteiger partial charge in [-0.05, 0) is 81.6 Å². The number of hydrogen-bond acceptors (Lipinski definition) is 3. The molecule has 0 N–H and O–H groups in total. The maximum Gasteiger partial charge on any atom is 0.135 e. The van der Waals surface area contributed by atoms with Gasteiger partial charge in [-0.15, -0.1) is 0 Å². The Morgan fingerprint density at radius 1 is 0.676 bits per heavy atom. The third kappa shape index (κ3) is 2.83. The van der Waals surface area contributed by atoms with E-state index in [0.717, 1.165) is 11.2 Å². The molecule has 1 atom stereocenters. The highest BCUT2D eigenvalue weighted by molar-refractivity contribution is 6.08. The summed E-state index contributed by atoms with van der Waals surface area (Å²) in [6.45, 7) is 11.4. The molecule has 6 rings (SSSR count). The van der Waals surface area contributed by atoms with E-state index in [1.54, 1.807) is 0 Å². The fourth-order valence-electron chi connectivity index (χ4n) is 6.15. The second kappa shape index (κ2) is 7.39. The molecule has 0 aliphatic carbocycles. The van der Waals surface area contributed by atoms with E-state index >= 15 is 0 Å². The van der Waals surface area contributed by atoms with Crippen molar-refractivity contribution in [2.75, 3.05) is 9.80 Å². The fourth-order valence-corrected chi connectivity index (χ4v) is 6.15. The van der Waals surface area contributed by atoms with Gasteiger partial charge in [0.05, 0.1) is 16.9 Å². The van der Waals surface area contributed by atoms with Crippen LogP contribution in [0.5, 0.6) is 0 Å². The van der Waals surface area contributed by atoms with E-state index in [2.05, 4.69) is 123 Å². The first-order valence-electron chi connectivity index (χ1n) is 12.0. The third-order valence-corrected chi connectivity index (χ3v) is 7.49. The first-order chi connectivity index (χ1) is 16.4. The lowest BCUT2D eigenvalue weighted by Crippen LogP contribution is -2.49. The van der Waals surface area contributed by atoms with E-state index in [1.807, 2.05) is 6.07 Å². The normalized spacial score (nSPS) is 16.0. The Balaban J connectivity index is 1.60. The Morgan fingerprint density at radius 3 is 2.09 bits per heavy atom. The van der Waals surface area contributed by atoms with Crippen molar-refractivity contribution < 1.29 is 4.42 Å². The maximum absolute atomic E-state index is 6.28. The van der Waals surface area contributed by atoms with Crippen LogP contribution < -0.4 is 9.80 Å². The minimum Gasteiger partial charge on any atom is -0.456 e. The monoisotopic (exact) mass is 446 g/mol. The van der Waals surface area contributed by atoms with Crippen LogP contribution in [0.3, 0.4) is 0 Å². The predicted octanol–water partition coefficient (Wildman–Crippen LogP) is 8.44. The van der Waals surface area contributed by atoms with E-state index in [0.29, 0.717) is 0 Å². The van der Waals surface area contributed by atoms with Crippen LogP contribution in [-0.4, -0.2) is 6.17 Å². The lowest BCUT2D eigenvalue weighted by atomic mass is 9.84. The molecule has 0 saturated carbocycles. The van der Waals surface area contributed by atoms with Crippen molar-refractivity contribution in [2.24, 2.45) is 0 Å². The molecule has 2 heterocycles. The van der Waals surface area contributed by atoms with Crippen molar-refractivity contribution in [3.63, 3.8) is 0 Å².